The van der Waals surface area contributed by atoms with E-state index in [1.807, 2.05) is 24.3 Å². The summed E-state index contributed by atoms with van der Waals surface area (Å²) in [5.41, 5.74) is 1.80. The number of anilines is 1. The lowest BCUT2D eigenvalue weighted by molar-refractivity contribution is 0.0953. The van der Waals surface area contributed by atoms with Gasteiger partial charge in [0.05, 0.1) is 0 Å². The van der Waals surface area contributed by atoms with Crippen LogP contribution in [0.15, 0.2) is 42.6 Å². The highest BCUT2D eigenvalue weighted by Crippen LogP contribution is 2.12. The van der Waals surface area contributed by atoms with Gasteiger partial charge in [-0.25, -0.2) is 4.98 Å². The Balaban J connectivity index is 1.82. The van der Waals surface area contributed by atoms with Crippen LogP contribution in [0.25, 0.3) is 0 Å². The minimum atomic E-state index is -0.0496. The highest BCUT2D eigenvalue weighted by Gasteiger charge is 2.06. The van der Waals surface area contributed by atoms with Crippen LogP contribution in [0.2, 0.25) is 5.02 Å². The molecular formula is C19H24ClN3O. The fourth-order valence-electron chi connectivity index (χ4n) is 2.37. The van der Waals surface area contributed by atoms with Crippen molar-refractivity contribution in [2.75, 3.05) is 18.4 Å². The number of halogens is 1. The predicted octanol–water partition coefficient (Wildman–Crippen LogP) is 4.31. The molecule has 1 aromatic carbocycles. The molecule has 0 atom stereocenters. The number of amides is 1. The Morgan fingerprint density at radius 3 is 2.83 bits per heavy atom. The van der Waals surface area contributed by atoms with Gasteiger partial charge in [-0.15, -0.1) is 0 Å². The number of rotatable bonds is 9. The standard InChI is InChI=1S/C19H24ClN3O/c1-2-3-4-10-23-19(24)16-9-12-22-18(14-16)21-11-8-15-6-5-7-17(20)13-15/h5-7,9,12-14H,2-4,8,10-11H2,1H3,(H,21,22)(H,23,24). The number of benzene rings is 1. The molecule has 0 radical (unpaired) electrons. The first kappa shape index (κ1) is 18.3. The number of hydrogen-bond donors (Lipinski definition) is 2. The smallest absolute Gasteiger partial charge is 0.251 e. The van der Waals surface area contributed by atoms with Gasteiger partial charge in [-0.3, -0.25) is 4.79 Å². The van der Waals surface area contributed by atoms with Gasteiger partial charge < -0.3 is 10.6 Å². The SMILES string of the molecule is CCCCCNC(=O)c1ccnc(NCCc2cccc(Cl)c2)c1. The molecule has 0 bridgehead atoms. The van der Waals surface area contributed by atoms with Crippen LogP contribution in [0, 0.1) is 0 Å². The number of pyridine rings is 1. The van der Waals surface area contributed by atoms with Crippen molar-refractivity contribution in [2.24, 2.45) is 0 Å². The van der Waals surface area contributed by atoms with Crippen molar-refractivity contribution in [3.05, 3.63) is 58.7 Å². The summed E-state index contributed by atoms with van der Waals surface area (Å²) in [7, 11) is 0. The summed E-state index contributed by atoms with van der Waals surface area (Å²) in [5.74, 6) is 0.657. The molecule has 0 unspecified atom stereocenters. The van der Waals surface area contributed by atoms with Gasteiger partial charge in [0.2, 0.25) is 0 Å². The zero-order valence-corrected chi connectivity index (χ0v) is 14.8. The van der Waals surface area contributed by atoms with E-state index in [1.165, 1.54) is 5.56 Å². The van der Waals surface area contributed by atoms with Crippen molar-refractivity contribution in [2.45, 2.75) is 32.6 Å². The fourth-order valence-corrected chi connectivity index (χ4v) is 2.59. The first-order valence-corrected chi connectivity index (χ1v) is 8.79. The molecule has 0 spiro atoms. The monoisotopic (exact) mass is 345 g/mol. The molecule has 0 aliphatic heterocycles. The third-order valence-electron chi connectivity index (χ3n) is 3.70. The van der Waals surface area contributed by atoms with E-state index in [0.29, 0.717) is 17.9 Å². The van der Waals surface area contributed by atoms with E-state index in [2.05, 4.69) is 22.5 Å². The third-order valence-corrected chi connectivity index (χ3v) is 3.93. The molecule has 1 heterocycles. The van der Waals surface area contributed by atoms with Crippen LogP contribution in [-0.2, 0) is 6.42 Å². The number of carbonyl (C=O) groups excluding carboxylic acids is 1. The Morgan fingerprint density at radius 1 is 1.17 bits per heavy atom. The molecule has 5 heteroatoms. The number of aromatic nitrogens is 1. The van der Waals surface area contributed by atoms with Gasteiger partial charge in [-0.2, -0.15) is 0 Å². The Morgan fingerprint density at radius 2 is 2.04 bits per heavy atom. The van der Waals surface area contributed by atoms with Gasteiger partial charge in [-0.05, 0) is 42.7 Å². The second-order valence-corrected chi connectivity index (χ2v) is 6.14. The van der Waals surface area contributed by atoms with Crippen LogP contribution in [0.1, 0.15) is 42.1 Å². The van der Waals surface area contributed by atoms with Crippen molar-refractivity contribution in [3.8, 4) is 0 Å². The van der Waals surface area contributed by atoms with Crippen molar-refractivity contribution in [3.63, 3.8) is 0 Å². The number of nitrogens with one attached hydrogen (secondary N) is 2. The Labute approximate surface area is 148 Å². The first-order chi connectivity index (χ1) is 11.7. The zero-order valence-electron chi connectivity index (χ0n) is 14.0. The number of nitrogens with zero attached hydrogens (tertiary/aromatic N) is 1. The van der Waals surface area contributed by atoms with E-state index in [1.54, 1.807) is 18.3 Å². The first-order valence-electron chi connectivity index (χ1n) is 8.41. The largest absolute Gasteiger partial charge is 0.370 e. The highest BCUT2D eigenvalue weighted by molar-refractivity contribution is 6.30. The van der Waals surface area contributed by atoms with Gasteiger partial charge in [0.25, 0.3) is 5.91 Å². The van der Waals surface area contributed by atoms with E-state index < -0.39 is 0 Å². The van der Waals surface area contributed by atoms with Crippen LogP contribution in [-0.4, -0.2) is 24.0 Å². The maximum absolute atomic E-state index is 12.1. The van der Waals surface area contributed by atoms with E-state index in [0.717, 1.165) is 37.3 Å². The minimum Gasteiger partial charge on any atom is -0.370 e. The second-order valence-electron chi connectivity index (χ2n) is 5.70. The van der Waals surface area contributed by atoms with Crippen LogP contribution in [0.3, 0.4) is 0 Å². The maximum atomic E-state index is 12.1. The van der Waals surface area contributed by atoms with E-state index in [4.69, 9.17) is 11.6 Å². The lowest BCUT2D eigenvalue weighted by atomic mass is 10.1. The normalized spacial score (nSPS) is 10.4. The van der Waals surface area contributed by atoms with Crippen molar-refractivity contribution < 1.29 is 4.79 Å². The molecule has 0 aliphatic carbocycles. The average Bonchev–Trinajstić information content (AvgIpc) is 2.59. The van der Waals surface area contributed by atoms with E-state index in [9.17, 15) is 4.79 Å². The molecule has 0 aliphatic rings. The number of hydrogen-bond acceptors (Lipinski definition) is 3. The summed E-state index contributed by atoms with van der Waals surface area (Å²) in [4.78, 5) is 16.4. The zero-order chi connectivity index (χ0) is 17.2. The molecule has 128 valence electrons. The van der Waals surface area contributed by atoms with E-state index in [-0.39, 0.29) is 5.91 Å². The number of unbranched alkanes of at least 4 members (excludes halogenated alkanes) is 2. The van der Waals surface area contributed by atoms with Crippen molar-refractivity contribution in [1.29, 1.82) is 0 Å². The summed E-state index contributed by atoms with van der Waals surface area (Å²) in [6, 6.07) is 11.3. The van der Waals surface area contributed by atoms with Gasteiger partial charge in [-0.1, -0.05) is 43.5 Å². The van der Waals surface area contributed by atoms with Gasteiger partial charge in [0.1, 0.15) is 5.82 Å². The van der Waals surface area contributed by atoms with Crippen molar-refractivity contribution >= 4 is 23.3 Å². The second kappa shape index (κ2) is 9.93. The fraction of sp³-hybridized carbons (Fsp3) is 0.368. The molecule has 4 nitrogen and oxygen atoms in total. The van der Waals surface area contributed by atoms with Gasteiger partial charge >= 0.3 is 0 Å². The molecular weight excluding hydrogens is 322 g/mol. The minimum absolute atomic E-state index is 0.0496. The Kier molecular flexibility index (Phi) is 7.56. The molecule has 0 fully saturated rings. The quantitative estimate of drug-likeness (QED) is 0.666. The molecule has 2 aromatic rings. The lowest BCUT2D eigenvalue weighted by Crippen LogP contribution is -2.24. The molecule has 24 heavy (non-hydrogen) atoms. The van der Waals surface area contributed by atoms with Crippen molar-refractivity contribution in [1.82, 2.24) is 10.3 Å². The molecule has 2 N–H and O–H groups in total. The molecule has 0 saturated heterocycles. The molecule has 1 aromatic heterocycles. The van der Waals surface area contributed by atoms with Crippen LogP contribution >= 0.6 is 11.6 Å². The average molecular weight is 346 g/mol. The highest BCUT2D eigenvalue weighted by atomic mass is 35.5. The summed E-state index contributed by atoms with van der Waals surface area (Å²) in [6.07, 6.45) is 5.79. The van der Waals surface area contributed by atoms with Gasteiger partial charge in [0.15, 0.2) is 0 Å². The third kappa shape index (κ3) is 6.20. The summed E-state index contributed by atoms with van der Waals surface area (Å²) < 4.78 is 0. The van der Waals surface area contributed by atoms with Crippen LogP contribution in [0.5, 0.6) is 0 Å². The molecule has 2 rings (SSSR count). The van der Waals surface area contributed by atoms with Gasteiger partial charge in [0, 0.05) is 29.9 Å². The lowest BCUT2D eigenvalue weighted by Gasteiger charge is -2.08. The number of carbonyl (C=O) groups is 1. The predicted molar refractivity (Wildman–Crippen MR) is 99.7 cm³/mol. The summed E-state index contributed by atoms with van der Waals surface area (Å²) in [5, 5.41) is 6.93. The Bertz CT molecular complexity index is 661. The molecule has 1 amide bonds. The topological polar surface area (TPSA) is 54.0 Å². The summed E-state index contributed by atoms with van der Waals surface area (Å²) >= 11 is 5.98. The van der Waals surface area contributed by atoms with E-state index >= 15 is 0 Å². The maximum Gasteiger partial charge on any atom is 0.251 e. The molecule has 0 saturated carbocycles. The Hall–Kier alpha value is -2.07. The van der Waals surface area contributed by atoms with Crippen LogP contribution < -0.4 is 10.6 Å². The van der Waals surface area contributed by atoms with Crippen LogP contribution in [0.4, 0.5) is 5.82 Å². The summed E-state index contributed by atoms with van der Waals surface area (Å²) in [6.45, 7) is 3.59.